The van der Waals surface area contributed by atoms with E-state index in [9.17, 15) is 24.3 Å². The standard InChI is InChI=1S/C36H39N3O6/c1-23(2)34(36(44)37-28(22-40)19-24-11-15-29(41)16-12-24)39-35(43)32(20-25-13-17-30(45-3)18-14-25)38-33(42)21-27-9-6-8-26-7-4-5-10-31(26)27/h4-18,22-23,28,32,34,41H,19-21H2,1-3H3,(H,37,44)(H,38,42)(H,39,43)/t28-,32-,34-/m0/s1. The van der Waals surface area contributed by atoms with Crippen LogP contribution < -0.4 is 20.7 Å². The summed E-state index contributed by atoms with van der Waals surface area (Å²) in [6.45, 7) is 3.58. The number of nitrogens with one attached hydrogen (secondary N) is 3. The maximum Gasteiger partial charge on any atom is 0.243 e. The van der Waals surface area contributed by atoms with Gasteiger partial charge >= 0.3 is 0 Å². The molecule has 0 aliphatic heterocycles. The molecule has 9 nitrogen and oxygen atoms in total. The lowest BCUT2D eigenvalue weighted by atomic mass is 9.99. The van der Waals surface area contributed by atoms with Gasteiger partial charge in [-0.3, -0.25) is 14.4 Å². The van der Waals surface area contributed by atoms with Gasteiger partial charge in [0.25, 0.3) is 0 Å². The summed E-state index contributed by atoms with van der Waals surface area (Å²) in [7, 11) is 1.57. The maximum absolute atomic E-state index is 13.7. The summed E-state index contributed by atoms with van der Waals surface area (Å²) in [6, 6.07) is 24.3. The van der Waals surface area contributed by atoms with Crippen LogP contribution in [0.5, 0.6) is 11.5 Å². The number of carbonyl (C=O) groups is 4. The molecule has 0 saturated carbocycles. The van der Waals surface area contributed by atoms with Crippen LogP contribution in [0.4, 0.5) is 0 Å². The topological polar surface area (TPSA) is 134 Å². The Morgan fingerprint density at radius 2 is 1.42 bits per heavy atom. The summed E-state index contributed by atoms with van der Waals surface area (Å²) in [5.74, 6) is -0.926. The average molecular weight is 610 g/mol. The molecule has 0 radical (unpaired) electrons. The number of aldehydes is 1. The van der Waals surface area contributed by atoms with Crippen molar-refractivity contribution >= 4 is 34.8 Å². The van der Waals surface area contributed by atoms with Gasteiger partial charge in [-0.2, -0.15) is 0 Å². The van der Waals surface area contributed by atoms with Gasteiger partial charge < -0.3 is 30.6 Å². The van der Waals surface area contributed by atoms with Crippen molar-refractivity contribution in [2.24, 2.45) is 5.92 Å². The smallest absolute Gasteiger partial charge is 0.243 e. The third-order valence-corrected chi connectivity index (χ3v) is 7.61. The predicted molar refractivity (Wildman–Crippen MR) is 173 cm³/mol. The number of aromatic hydroxyl groups is 1. The van der Waals surface area contributed by atoms with Gasteiger partial charge in [0.2, 0.25) is 17.7 Å². The van der Waals surface area contributed by atoms with Crippen LogP contribution in [0.3, 0.4) is 0 Å². The quantitative estimate of drug-likeness (QED) is 0.160. The molecule has 0 aliphatic rings. The molecule has 4 aromatic rings. The van der Waals surface area contributed by atoms with Crippen molar-refractivity contribution in [1.29, 1.82) is 0 Å². The van der Waals surface area contributed by atoms with E-state index in [-0.39, 0.29) is 36.8 Å². The Balaban J connectivity index is 1.50. The van der Waals surface area contributed by atoms with Crippen LogP contribution in [0.15, 0.2) is 91.0 Å². The third kappa shape index (κ3) is 9.15. The molecule has 0 unspecified atom stereocenters. The van der Waals surface area contributed by atoms with Crippen molar-refractivity contribution in [3.8, 4) is 11.5 Å². The Bertz CT molecular complexity index is 1610. The highest BCUT2D eigenvalue weighted by atomic mass is 16.5. The number of hydrogen-bond donors (Lipinski definition) is 4. The normalized spacial score (nSPS) is 13.0. The Labute approximate surface area is 263 Å². The van der Waals surface area contributed by atoms with Crippen LogP contribution in [0, 0.1) is 5.92 Å². The second-order valence-electron chi connectivity index (χ2n) is 11.3. The molecule has 234 valence electrons. The SMILES string of the molecule is COc1ccc(C[C@H](NC(=O)Cc2cccc3ccccc23)C(=O)N[C@H](C(=O)N[C@H](C=O)Cc2ccc(O)cc2)C(C)C)cc1. The lowest BCUT2D eigenvalue weighted by Crippen LogP contribution is -2.57. The number of benzene rings is 4. The average Bonchev–Trinajstić information content (AvgIpc) is 3.04. The molecule has 0 bridgehead atoms. The van der Waals surface area contributed by atoms with Crippen molar-refractivity contribution in [3.63, 3.8) is 0 Å². The number of methoxy groups -OCH3 is 1. The van der Waals surface area contributed by atoms with E-state index in [4.69, 9.17) is 4.74 Å². The monoisotopic (exact) mass is 609 g/mol. The number of fused-ring (bicyclic) bond motifs is 1. The fourth-order valence-electron chi connectivity index (χ4n) is 5.15. The number of phenolic OH excluding ortho intramolecular Hbond substituents is 1. The zero-order valence-corrected chi connectivity index (χ0v) is 25.7. The molecule has 4 rings (SSSR count). The first-order valence-corrected chi connectivity index (χ1v) is 14.9. The largest absolute Gasteiger partial charge is 0.508 e. The van der Waals surface area contributed by atoms with Crippen LogP contribution in [0.25, 0.3) is 10.8 Å². The van der Waals surface area contributed by atoms with E-state index in [2.05, 4.69) is 16.0 Å². The van der Waals surface area contributed by atoms with Gasteiger partial charge in [-0.05, 0) is 64.1 Å². The molecule has 4 N–H and O–H groups in total. The summed E-state index contributed by atoms with van der Waals surface area (Å²) in [5.41, 5.74) is 2.38. The lowest BCUT2D eigenvalue weighted by Gasteiger charge is -2.26. The number of rotatable bonds is 14. The van der Waals surface area contributed by atoms with E-state index in [1.54, 1.807) is 45.2 Å². The summed E-state index contributed by atoms with van der Waals surface area (Å²) >= 11 is 0. The molecule has 0 spiro atoms. The van der Waals surface area contributed by atoms with Crippen molar-refractivity contribution in [2.75, 3.05) is 7.11 Å². The molecule has 45 heavy (non-hydrogen) atoms. The molecule has 0 aromatic heterocycles. The lowest BCUT2D eigenvalue weighted by molar-refractivity contribution is -0.133. The van der Waals surface area contributed by atoms with Crippen molar-refractivity contribution in [1.82, 2.24) is 16.0 Å². The molecule has 4 aromatic carbocycles. The summed E-state index contributed by atoms with van der Waals surface area (Å²) < 4.78 is 5.25. The highest BCUT2D eigenvalue weighted by Crippen LogP contribution is 2.19. The van der Waals surface area contributed by atoms with Gasteiger partial charge in [0.05, 0.1) is 19.6 Å². The maximum atomic E-state index is 13.7. The molecular weight excluding hydrogens is 570 g/mol. The molecule has 0 fully saturated rings. The minimum absolute atomic E-state index is 0.0696. The fourth-order valence-corrected chi connectivity index (χ4v) is 5.15. The van der Waals surface area contributed by atoms with Crippen LogP contribution >= 0.6 is 0 Å². The van der Waals surface area contributed by atoms with Gasteiger partial charge in [-0.25, -0.2) is 0 Å². The number of phenols is 1. The number of ether oxygens (including phenoxy) is 1. The summed E-state index contributed by atoms with van der Waals surface area (Å²) in [5, 5.41) is 19.9. The second-order valence-corrected chi connectivity index (χ2v) is 11.3. The van der Waals surface area contributed by atoms with Gasteiger partial charge in [-0.1, -0.05) is 80.6 Å². The Kier molecular flexibility index (Phi) is 11.3. The molecule has 0 aliphatic carbocycles. The predicted octanol–water partition coefficient (Wildman–Crippen LogP) is 3.89. The van der Waals surface area contributed by atoms with Crippen LogP contribution in [-0.4, -0.2) is 54.3 Å². The van der Waals surface area contributed by atoms with Gasteiger partial charge in [-0.15, -0.1) is 0 Å². The highest BCUT2D eigenvalue weighted by molar-refractivity contribution is 5.95. The molecule has 0 saturated heterocycles. The number of carbonyl (C=O) groups excluding carboxylic acids is 4. The van der Waals surface area contributed by atoms with Crippen molar-refractivity contribution < 1.29 is 29.0 Å². The van der Waals surface area contributed by atoms with E-state index in [0.717, 1.165) is 27.5 Å². The van der Waals surface area contributed by atoms with Crippen LogP contribution in [-0.2, 0) is 38.4 Å². The third-order valence-electron chi connectivity index (χ3n) is 7.61. The molecule has 9 heteroatoms. The molecule has 0 heterocycles. The first-order valence-electron chi connectivity index (χ1n) is 14.9. The number of hydrogen-bond acceptors (Lipinski definition) is 6. The van der Waals surface area contributed by atoms with Crippen molar-refractivity contribution in [3.05, 3.63) is 108 Å². The second kappa shape index (κ2) is 15.5. The van der Waals surface area contributed by atoms with E-state index in [0.29, 0.717) is 12.0 Å². The first kappa shape index (κ1) is 32.7. The zero-order chi connectivity index (χ0) is 32.3. The van der Waals surface area contributed by atoms with Gasteiger partial charge in [0.1, 0.15) is 29.9 Å². The first-order chi connectivity index (χ1) is 21.7. The Morgan fingerprint density at radius 3 is 2.09 bits per heavy atom. The van der Waals surface area contributed by atoms with Crippen molar-refractivity contribution in [2.45, 2.75) is 51.2 Å². The Hall–Kier alpha value is -5.18. The van der Waals surface area contributed by atoms with Crippen LogP contribution in [0.2, 0.25) is 0 Å². The summed E-state index contributed by atoms with van der Waals surface area (Å²) in [4.78, 5) is 52.3. The van der Waals surface area contributed by atoms with E-state index in [1.807, 2.05) is 54.6 Å². The van der Waals surface area contributed by atoms with E-state index < -0.39 is 29.9 Å². The van der Waals surface area contributed by atoms with E-state index in [1.165, 1.54) is 12.1 Å². The molecule has 3 amide bonds. The summed E-state index contributed by atoms with van der Waals surface area (Å²) in [6.07, 6.45) is 1.12. The fraction of sp³-hybridized carbons (Fsp3) is 0.278. The van der Waals surface area contributed by atoms with Gasteiger partial charge in [0, 0.05) is 6.42 Å². The Morgan fingerprint density at radius 1 is 0.778 bits per heavy atom. The minimum Gasteiger partial charge on any atom is -0.508 e. The van der Waals surface area contributed by atoms with Crippen LogP contribution in [0.1, 0.15) is 30.5 Å². The highest BCUT2D eigenvalue weighted by Gasteiger charge is 2.30. The molecular formula is C36H39N3O6. The minimum atomic E-state index is -0.978. The van der Waals surface area contributed by atoms with Gasteiger partial charge in [0.15, 0.2) is 0 Å². The number of amides is 3. The zero-order valence-electron chi connectivity index (χ0n) is 25.7. The molecule has 3 atom stereocenters. The van der Waals surface area contributed by atoms with E-state index >= 15 is 0 Å².